The van der Waals surface area contributed by atoms with Crippen molar-refractivity contribution in [3.63, 3.8) is 0 Å². The summed E-state index contributed by atoms with van der Waals surface area (Å²) < 4.78 is 5.27. The zero-order chi connectivity index (χ0) is 26.6. The van der Waals surface area contributed by atoms with Gasteiger partial charge in [-0.3, -0.25) is 9.80 Å². The predicted octanol–water partition coefficient (Wildman–Crippen LogP) is 5.57. The van der Waals surface area contributed by atoms with Gasteiger partial charge in [-0.25, -0.2) is 0 Å². The smallest absolute Gasteiger partial charge is 0.176 e. The zero-order valence-corrected chi connectivity index (χ0v) is 22.6. The van der Waals surface area contributed by atoms with E-state index < -0.39 is 6.17 Å². The number of methoxy groups -OCH3 is 1. The topological polar surface area (TPSA) is 86.7 Å². The minimum atomic E-state index is -0.658. The number of aromatic nitrogens is 3. The van der Waals surface area contributed by atoms with Crippen LogP contribution in [0.1, 0.15) is 28.3 Å². The van der Waals surface area contributed by atoms with Crippen LogP contribution in [0.4, 0.5) is 0 Å². The fourth-order valence-corrected chi connectivity index (χ4v) is 4.88. The molecule has 2 heterocycles. The van der Waals surface area contributed by atoms with Crippen molar-refractivity contribution in [3.8, 4) is 5.75 Å². The third kappa shape index (κ3) is 5.62. The van der Waals surface area contributed by atoms with Crippen LogP contribution in [-0.4, -0.2) is 50.5 Å². The summed E-state index contributed by atoms with van der Waals surface area (Å²) in [6.07, 6.45) is 0.608. The van der Waals surface area contributed by atoms with E-state index in [1.165, 1.54) is 0 Å². The summed E-state index contributed by atoms with van der Waals surface area (Å²) in [4.78, 5) is 17.5. The van der Waals surface area contributed by atoms with Crippen molar-refractivity contribution in [2.45, 2.75) is 25.7 Å². The quantitative estimate of drug-likeness (QED) is 0.265. The van der Waals surface area contributed by atoms with Gasteiger partial charge in [0.15, 0.2) is 24.1 Å². The number of amidine groups is 1. The molecule has 0 saturated carbocycles. The van der Waals surface area contributed by atoms with Crippen molar-refractivity contribution >= 4 is 46.9 Å². The molecule has 0 amide bonds. The molecule has 1 atom stereocenters. The molecule has 1 aliphatic heterocycles. The van der Waals surface area contributed by atoms with E-state index in [4.69, 9.17) is 44.6 Å². The lowest BCUT2D eigenvalue weighted by molar-refractivity contribution is -0.115. The van der Waals surface area contributed by atoms with E-state index >= 15 is 0 Å². The largest absolute Gasteiger partial charge is 0.497 e. The van der Waals surface area contributed by atoms with E-state index in [0.717, 1.165) is 28.7 Å². The van der Waals surface area contributed by atoms with Gasteiger partial charge in [0.2, 0.25) is 0 Å². The van der Waals surface area contributed by atoms with Crippen molar-refractivity contribution in [2.24, 2.45) is 5.10 Å². The Balaban J connectivity index is 1.41. The summed E-state index contributed by atoms with van der Waals surface area (Å²) in [6.45, 7) is 0.695. The van der Waals surface area contributed by atoms with Crippen LogP contribution in [0.2, 0.25) is 15.1 Å². The number of hydrazone groups is 1. The number of aldehydes is 1. The molecule has 4 aromatic rings. The normalized spacial score (nSPS) is 15.1. The van der Waals surface area contributed by atoms with E-state index in [1.807, 2.05) is 41.3 Å². The average Bonchev–Trinajstić information content (AvgIpc) is 3.51. The average molecular weight is 570 g/mol. The van der Waals surface area contributed by atoms with Gasteiger partial charge in [-0.05, 0) is 59.7 Å². The Morgan fingerprint density at radius 1 is 0.921 bits per heavy atom. The fraction of sp³-hybridized carbons (Fsp3) is 0.185. The lowest BCUT2D eigenvalue weighted by Gasteiger charge is -2.27. The highest BCUT2D eigenvalue weighted by Crippen LogP contribution is 2.27. The molecule has 5 rings (SSSR count). The first-order valence-corrected chi connectivity index (χ1v) is 12.9. The number of benzene rings is 3. The zero-order valence-electron chi connectivity index (χ0n) is 20.3. The Hall–Kier alpha value is -3.59. The summed E-state index contributed by atoms with van der Waals surface area (Å²) in [5.74, 6) is 2.57. The van der Waals surface area contributed by atoms with E-state index in [0.29, 0.717) is 45.5 Å². The first-order chi connectivity index (χ1) is 18.4. The molecule has 0 saturated heterocycles. The molecule has 0 spiro atoms. The molecule has 194 valence electrons. The number of aromatic amines is 1. The molecule has 0 aliphatic carbocycles. The number of halogens is 3. The van der Waals surface area contributed by atoms with Crippen LogP contribution in [0, 0.1) is 0 Å². The number of nitrogens with zero attached hydrogens (tertiary/aromatic N) is 5. The number of hydrogen-bond acceptors (Lipinski definition) is 7. The number of carbonyl (C=O) groups is 1. The van der Waals surface area contributed by atoms with Gasteiger partial charge in [-0.15, -0.1) is 10.2 Å². The summed E-state index contributed by atoms with van der Waals surface area (Å²) in [5.41, 5.74) is 2.60. The highest BCUT2D eigenvalue weighted by Gasteiger charge is 2.35. The van der Waals surface area contributed by atoms with Gasteiger partial charge in [-0.2, -0.15) is 5.10 Å². The molecule has 0 fully saturated rings. The van der Waals surface area contributed by atoms with Gasteiger partial charge < -0.3 is 14.6 Å². The Labute approximate surface area is 234 Å². The van der Waals surface area contributed by atoms with Gasteiger partial charge in [0.05, 0.1) is 13.7 Å². The summed E-state index contributed by atoms with van der Waals surface area (Å²) in [7, 11) is 1.62. The Kier molecular flexibility index (Phi) is 7.83. The van der Waals surface area contributed by atoms with Crippen molar-refractivity contribution in [2.75, 3.05) is 7.11 Å². The van der Waals surface area contributed by atoms with E-state index in [-0.39, 0.29) is 6.54 Å². The molecule has 1 N–H and O–H groups in total. The third-order valence-electron chi connectivity index (χ3n) is 6.15. The number of hydrogen-bond donors (Lipinski definition) is 1. The van der Waals surface area contributed by atoms with Crippen LogP contribution in [0.3, 0.4) is 0 Å². The minimum absolute atomic E-state index is 0.239. The highest BCUT2D eigenvalue weighted by molar-refractivity contribution is 6.36. The number of carbonyl (C=O) groups excluding carboxylic acids is 1. The molecular weight excluding hydrogens is 547 g/mol. The van der Waals surface area contributed by atoms with Crippen molar-refractivity contribution < 1.29 is 9.53 Å². The Morgan fingerprint density at radius 3 is 2.26 bits per heavy atom. The Morgan fingerprint density at radius 2 is 1.61 bits per heavy atom. The van der Waals surface area contributed by atoms with Crippen LogP contribution in [0.5, 0.6) is 5.75 Å². The van der Waals surface area contributed by atoms with Crippen LogP contribution < -0.4 is 4.74 Å². The molecule has 0 bridgehead atoms. The first kappa shape index (κ1) is 26.0. The second kappa shape index (κ2) is 11.4. The molecule has 3 aromatic carbocycles. The van der Waals surface area contributed by atoms with Crippen LogP contribution in [-0.2, 0) is 24.3 Å². The van der Waals surface area contributed by atoms with E-state index in [2.05, 4.69) is 15.2 Å². The van der Waals surface area contributed by atoms with Crippen LogP contribution in [0.15, 0.2) is 71.8 Å². The minimum Gasteiger partial charge on any atom is -0.497 e. The maximum absolute atomic E-state index is 12.4. The van der Waals surface area contributed by atoms with Crippen molar-refractivity contribution in [1.29, 1.82) is 0 Å². The van der Waals surface area contributed by atoms with Gasteiger partial charge >= 0.3 is 0 Å². The predicted molar refractivity (Wildman–Crippen MR) is 148 cm³/mol. The van der Waals surface area contributed by atoms with Gasteiger partial charge in [0.25, 0.3) is 0 Å². The Bertz CT molecular complexity index is 1440. The van der Waals surface area contributed by atoms with Crippen molar-refractivity contribution in [3.05, 3.63) is 110 Å². The van der Waals surface area contributed by atoms with Crippen LogP contribution >= 0.6 is 34.8 Å². The van der Waals surface area contributed by atoms with Gasteiger partial charge in [0, 0.05) is 33.6 Å². The maximum atomic E-state index is 12.4. The maximum Gasteiger partial charge on any atom is 0.176 e. The number of nitrogens with one attached hydrogen (secondary N) is 1. The first-order valence-electron chi connectivity index (χ1n) is 11.7. The molecule has 1 unspecified atom stereocenters. The number of ether oxygens (including phenoxy) is 1. The molecule has 8 nitrogen and oxygen atoms in total. The monoisotopic (exact) mass is 568 g/mol. The summed E-state index contributed by atoms with van der Waals surface area (Å²) in [5, 5.41) is 16.8. The van der Waals surface area contributed by atoms with Crippen LogP contribution in [0.25, 0.3) is 0 Å². The third-order valence-corrected chi connectivity index (χ3v) is 7.11. The fourth-order valence-electron chi connectivity index (χ4n) is 4.23. The van der Waals surface area contributed by atoms with Gasteiger partial charge in [0.1, 0.15) is 11.6 Å². The SMILES string of the molecule is COc1ccc(CN2C(c3ccc(Cl)cc3)=NN(Cc3nnc(Cc4c(Cl)cccc4Cl)[nH]3)C2C=O)cc1. The van der Waals surface area contributed by atoms with Gasteiger partial charge in [-0.1, -0.05) is 53.0 Å². The molecule has 0 radical (unpaired) electrons. The van der Waals surface area contributed by atoms with E-state index in [9.17, 15) is 4.79 Å². The second-order valence-corrected chi connectivity index (χ2v) is 9.90. The summed E-state index contributed by atoms with van der Waals surface area (Å²) in [6, 6.07) is 20.4. The highest BCUT2D eigenvalue weighted by atomic mass is 35.5. The van der Waals surface area contributed by atoms with Crippen molar-refractivity contribution in [1.82, 2.24) is 25.1 Å². The molecule has 11 heteroatoms. The molecule has 1 aromatic heterocycles. The molecule has 38 heavy (non-hydrogen) atoms. The number of H-pyrrole nitrogens is 1. The lowest BCUT2D eigenvalue weighted by atomic mass is 10.1. The summed E-state index contributed by atoms with van der Waals surface area (Å²) >= 11 is 18.7. The number of rotatable bonds is 9. The van der Waals surface area contributed by atoms with E-state index in [1.54, 1.807) is 42.5 Å². The second-order valence-electron chi connectivity index (χ2n) is 8.65. The standard InChI is InChI=1S/C27H23Cl3N6O2/c1-38-20-11-5-17(6-12-20)14-35-26(16-37)36(34-27(35)18-7-9-19(28)10-8-18)15-25-31-24(32-33-25)13-21-22(29)3-2-4-23(21)30/h2-12,16,26H,13-15H2,1H3,(H,31,32,33). The molecular formula is C27H23Cl3N6O2. The molecule has 1 aliphatic rings. The lowest BCUT2D eigenvalue weighted by Crippen LogP contribution is -2.43.